The Bertz CT molecular complexity index is 538. The van der Waals surface area contributed by atoms with Gasteiger partial charge in [0.05, 0.1) is 2.74 Å². The molecular weight excluding hydrogens is 195 g/mol. The molecule has 0 spiro atoms. The van der Waals surface area contributed by atoms with Crippen LogP contribution in [0.15, 0.2) is 12.1 Å². The summed E-state index contributed by atoms with van der Waals surface area (Å²) in [6.45, 7) is -4.79. The molecule has 0 radical (unpaired) electrons. The highest BCUT2D eigenvalue weighted by Gasteiger charge is 2.21. The van der Waals surface area contributed by atoms with Gasteiger partial charge in [-0.15, -0.1) is 0 Å². The van der Waals surface area contributed by atoms with Crippen LogP contribution in [0.25, 0.3) is 0 Å². The van der Waals surface area contributed by atoms with Crippen molar-refractivity contribution in [2.45, 2.75) is 6.10 Å². The van der Waals surface area contributed by atoms with Gasteiger partial charge in [0, 0.05) is 30.6 Å². The Morgan fingerprint density at radius 3 is 2.79 bits per heavy atom. The first kappa shape index (κ1) is 4.53. The SMILES string of the molecule is [2H]c1c(F)c([2H])c(OC2C([2H])([2H])NC2([2H])[2H])c(F)c1F. The van der Waals surface area contributed by atoms with Crippen LogP contribution in [0, 0.1) is 17.5 Å². The van der Waals surface area contributed by atoms with Crippen molar-refractivity contribution in [2.75, 3.05) is 13.0 Å². The second-order valence-corrected chi connectivity index (χ2v) is 2.43. The molecule has 76 valence electrons. The van der Waals surface area contributed by atoms with E-state index in [1.165, 1.54) is 0 Å². The van der Waals surface area contributed by atoms with Crippen molar-refractivity contribution in [2.24, 2.45) is 0 Å². The van der Waals surface area contributed by atoms with Crippen molar-refractivity contribution in [1.29, 1.82) is 0 Å². The van der Waals surface area contributed by atoms with E-state index in [4.69, 9.17) is 8.22 Å². The third-order valence-corrected chi connectivity index (χ3v) is 1.48. The predicted molar refractivity (Wildman–Crippen MR) is 43.6 cm³/mol. The molecule has 0 saturated carbocycles. The van der Waals surface area contributed by atoms with Gasteiger partial charge in [0.2, 0.25) is 5.82 Å². The molecule has 1 aromatic rings. The highest BCUT2D eigenvalue weighted by Crippen LogP contribution is 2.23. The van der Waals surface area contributed by atoms with E-state index in [2.05, 4.69) is 4.74 Å². The summed E-state index contributed by atoms with van der Waals surface area (Å²) in [5.41, 5.74) is 0. The molecule has 2 rings (SSSR count). The fraction of sp³-hybridized carbons (Fsp3) is 0.333. The number of hydrogen-bond donors (Lipinski definition) is 1. The van der Waals surface area contributed by atoms with Crippen LogP contribution in [0.3, 0.4) is 0 Å². The van der Waals surface area contributed by atoms with Crippen molar-refractivity contribution in [3.63, 3.8) is 0 Å². The Kier molecular flexibility index (Phi) is 1.13. The van der Waals surface area contributed by atoms with Gasteiger partial charge in [-0.2, -0.15) is 4.39 Å². The molecular formula is C9H8F3NO. The number of halogens is 3. The van der Waals surface area contributed by atoms with E-state index < -0.39 is 54.4 Å². The normalized spacial score (nSPS) is 29.9. The number of rotatable bonds is 2. The van der Waals surface area contributed by atoms with Crippen LogP contribution < -0.4 is 10.1 Å². The van der Waals surface area contributed by atoms with E-state index in [0.717, 1.165) is 0 Å². The third kappa shape index (κ3) is 1.68. The van der Waals surface area contributed by atoms with E-state index >= 15 is 0 Å². The van der Waals surface area contributed by atoms with Crippen LogP contribution in [0.4, 0.5) is 13.2 Å². The predicted octanol–water partition coefficient (Wildman–Crippen LogP) is 1.45. The Balaban J connectivity index is 2.45. The van der Waals surface area contributed by atoms with Crippen molar-refractivity contribution < 1.29 is 26.1 Å². The Labute approximate surface area is 87.1 Å². The summed E-state index contributed by atoms with van der Waals surface area (Å²) < 4.78 is 88.1. The molecule has 2 nitrogen and oxygen atoms in total. The summed E-state index contributed by atoms with van der Waals surface area (Å²) in [6.07, 6.45) is -1.90. The number of benzene rings is 1. The van der Waals surface area contributed by atoms with E-state index in [1.807, 2.05) is 5.32 Å². The van der Waals surface area contributed by atoms with Gasteiger partial charge in [0.1, 0.15) is 11.9 Å². The summed E-state index contributed by atoms with van der Waals surface area (Å²) in [4.78, 5) is 0. The molecule has 1 aliphatic rings. The van der Waals surface area contributed by atoms with Gasteiger partial charge in [0.15, 0.2) is 11.6 Å². The molecule has 0 aromatic heterocycles. The van der Waals surface area contributed by atoms with Crippen LogP contribution in [0.2, 0.25) is 0 Å². The Hall–Kier alpha value is -1.23. The summed E-state index contributed by atoms with van der Waals surface area (Å²) in [7, 11) is 0. The maximum Gasteiger partial charge on any atom is 0.200 e. The van der Waals surface area contributed by atoms with Crippen LogP contribution in [0.5, 0.6) is 5.75 Å². The first-order valence-electron chi connectivity index (χ1n) is 6.58. The molecule has 1 aromatic carbocycles. The van der Waals surface area contributed by atoms with Crippen molar-refractivity contribution in [3.8, 4) is 5.75 Å². The van der Waals surface area contributed by atoms with E-state index in [1.54, 1.807) is 0 Å². The quantitative estimate of drug-likeness (QED) is 0.744. The zero-order valence-electron chi connectivity index (χ0n) is 12.6. The molecule has 1 fully saturated rings. The van der Waals surface area contributed by atoms with Gasteiger partial charge in [-0.25, -0.2) is 8.78 Å². The number of ether oxygens (including phenoxy) is 1. The first-order chi connectivity index (χ1) is 8.99. The Morgan fingerprint density at radius 2 is 2.14 bits per heavy atom. The lowest BCUT2D eigenvalue weighted by molar-refractivity contribution is 0.134. The monoisotopic (exact) mass is 209 g/mol. The standard InChI is InChI=1S/C9H8F3NO/c10-5-1-7(11)9(12)8(2-5)14-6-3-13-4-6/h1-2,6,13H,3-4H2/i1D,2D,3D2,4D2. The summed E-state index contributed by atoms with van der Waals surface area (Å²) in [6, 6.07) is -2.72. The van der Waals surface area contributed by atoms with Gasteiger partial charge in [-0.1, -0.05) is 0 Å². The van der Waals surface area contributed by atoms with Gasteiger partial charge in [-0.05, 0) is 0 Å². The largest absolute Gasteiger partial charge is 0.484 e. The average molecular weight is 209 g/mol. The first-order valence-corrected chi connectivity index (χ1v) is 3.58. The summed E-state index contributed by atoms with van der Waals surface area (Å²) in [5, 5.41) is 1.84. The lowest BCUT2D eigenvalue weighted by atomic mass is 10.2. The molecule has 0 aliphatic carbocycles. The second kappa shape index (κ2) is 3.49. The van der Waals surface area contributed by atoms with Crippen LogP contribution in [0.1, 0.15) is 8.22 Å². The number of hydrogen-bond acceptors (Lipinski definition) is 2. The lowest BCUT2D eigenvalue weighted by Gasteiger charge is -2.27. The minimum absolute atomic E-state index is 1.27. The fourth-order valence-corrected chi connectivity index (χ4v) is 0.826. The highest BCUT2D eigenvalue weighted by atomic mass is 19.2. The minimum Gasteiger partial charge on any atom is -0.484 e. The fourth-order valence-electron chi connectivity index (χ4n) is 0.826. The average Bonchev–Trinajstić information content (AvgIpc) is 2.32. The minimum atomic E-state index is -2.39. The molecule has 5 heteroatoms. The lowest BCUT2D eigenvalue weighted by Crippen LogP contribution is -2.50. The maximum absolute atomic E-state index is 13.6. The zero-order chi connectivity index (χ0) is 15.5. The smallest absolute Gasteiger partial charge is 0.200 e. The molecule has 0 atom stereocenters. The van der Waals surface area contributed by atoms with E-state index in [-0.39, 0.29) is 0 Å². The topological polar surface area (TPSA) is 21.3 Å². The van der Waals surface area contributed by atoms with Crippen LogP contribution in [-0.2, 0) is 0 Å². The molecule has 1 heterocycles. The molecule has 14 heavy (non-hydrogen) atoms. The van der Waals surface area contributed by atoms with E-state index in [0.29, 0.717) is 0 Å². The summed E-state index contributed by atoms with van der Waals surface area (Å²) in [5.74, 6) is -6.66. The van der Waals surface area contributed by atoms with Crippen molar-refractivity contribution in [3.05, 3.63) is 29.5 Å². The zero-order valence-corrected chi connectivity index (χ0v) is 6.62. The molecule has 0 bridgehead atoms. The van der Waals surface area contributed by atoms with Gasteiger partial charge < -0.3 is 10.1 Å². The highest BCUT2D eigenvalue weighted by molar-refractivity contribution is 5.26. The van der Waals surface area contributed by atoms with Crippen LogP contribution in [-0.4, -0.2) is 19.1 Å². The van der Waals surface area contributed by atoms with Crippen molar-refractivity contribution in [1.82, 2.24) is 5.32 Å². The van der Waals surface area contributed by atoms with Gasteiger partial charge in [0.25, 0.3) is 0 Å². The van der Waals surface area contributed by atoms with Gasteiger partial charge in [-0.3, -0.25) is 0 Å². The molecule has 0 amide bonds. The maximum atomic E-state index is 13.6. The Morgan fingerprint density at radius 1 is 1.43 bits per heavy atom. The molecule has 0 unspecified atom stereocenters. The molecule has 1 aliphatic heterocycles. The molecule has 1 N–H and O–H groups in total. The van der Waals surface area contributed by atoms with Crippen LogP contribution >= 0.6 is 0 Å². The summed E-state index contributed by atoms with van der Waals surface area (Å²) >= 11 is 0. The second-order valence-electron chi connectivity index (χ2n) is 2.43. The van der Waals surface area contributed by atoms with Crippen molar-refractivity contribution >= 4 is 0 Å². The van der Waals surface area contributed by atoms with Gasteiger partial charge >= 0.3 is 0 Å². The molecule has 1 saturated heterocycles. The third-order valence-electron chi connectivity index (χ3n) is 1.48. The van der Waals surface area contributed by atoms with E-state index in [9.17, 15) is 13.2 Å². The number of nitrogens with one attached hydrogen (secondary N) is 1.